The Morgan fingerprint density at radius 1 is 0.630 bits per heavy atom. The summed E-state index contributed by atoms with van der Waals surface area (Å²) in [7, 11) is -5.01. The van der Waals surface area contributed by atoms with Crippen LogP contribution in [0, 0.1) is 0 Å². The molecule has 0 saturated carbocycles. The van der Waals surface area contributed by atoms with Gasteiger partial charge in [0.1, 0.15) is 0 Å². The number of aliphatic carboxylic acids is 1. The number of carbonyl (C=O) groups is 1. The molecule has 0 radical (unpaired) electrons. The van der Waals surface area contributed by atoms with Crippen molar-refractivity contribution in [2.45, 2.75) is 67.0 Å². The van der Waals surface area contributed by atoms with E-state index in [9.17, 15) is 4.79 Å². The molecule has 1 N–H and O–H groups in total. The Morgan fingerprint density at radius 2 is 0.926 bits per heavy atom. The SMILES string of the molecule is CCO[Si](CC)(OCC)OCC.CCO[Si](CCC(=O)O)(OCC)OCC. The summed E-state index contributed by atoms with van der Waals surface area (Å²) in [5.41, 5.74) is 0. The van der Waals surface area contributed by atoms with Crippen LogP contribution < -0.4 is 0 Å². The molecule has 0 aliphatic rings. The Morgan fingerprint density at radius 3 is 1.15 bits per heavy atom. The molecule has 0 aromatic rings. The second-order valence-electron chi connectivity index (χ2n) is 5.21. The van der Waals surface area contributed by atoms with Crippen molar-refractivity contribution in [2.75, 3.05) is 39.6 Å². The molecule has 0 heterocycles. The summed E-state index contributed by atoms with van der Waals surface area (Å²) in [6.45, 7) is 16.9. The van der Waals surface area contributed by atoms with E-state index >= 15 is 0 Å². The fraction of sp³-hybridized carbons (Fsp3) is 0.941. The number of carboxylic acids is 1. The van der Waals surface area contributed by atoms with Crippen LogP contribution in [-0.4, -0.2) is 68.3 Å². The first-order valence-corrected chi connectivity index (χ1v) is 13.8. The van der Waals surface area contributed by atoms with Crippen molar-refractivity contribution in [2.24, 2.45) is 0 Å². The van der Waals surface area contributed by atoms with E-state index in [1.165, 1.54) is 0 Å². The van der Waals surface area contributed by atoms with Crippen molar-refractivity contribution in [3.8, 4) is 0 Å². The topological polar surface area (TPSA) is 92.7 Å². The normalized spacial score (nSPS) is 11.8. The average molecular weight is 429 g/mol. The van der Waals surface area contributed by atoms with Crippen molar-refractivity contribution in [1.29, 1.82) is 0 Å². The Bertz CT molecular complexity index is 324. The highest BCUT2D eigenvalue weighted by Gasteiger charge is 2.40. The van der Waals surface area contributed by atoms with Crippen molar-refractivity contribution in [3.63, 3.8) is 0 Å². The molecule has 0 aliphatic carbocycles. The highest BCUT2D eigenvalue weighted by Crippen LogP contribution is 2.18. The standard InChI is InChI=1S/C9H20O5Si.C8H20O3Si/c1-4-12-15(13-5-2,14-6-3)8-7-9(10)11;1-5-9-12(8-4,10-6-2)11-7-3/h4-8H2,1-3H3,(H,10,11);5-8H2,1-4H3. The van der Waals surface area contributed by atoms with Gasteiger partial charge in [-0.1, -0.05) is 6.92 Å². The molecule has 0 aliphatic heterocycles. The molecule has 0 atom stereocenters. The van der Waals surface area contributed by atoms with Gasteiger partial charge in [-0.05, 0) is 41.5 Å². The molecule has 27 heavy (non-hydrogen) atoms. The summed E-state index contributed by atoms with van der Waals surface area (Å²) >= 11 is 0. The molecule has 0 aromatic carbocycles. The van der Waals surface area contributed by atoms with Crippen LogP contribution in [0.15, 0.2) is 0 Å². The minimum atomic E-state index is -2.74. The van der Waals surface area contributed by atoms with Crippen LogP contribution in [0.25, 0.3) is 0 Å². The van der Waals surface area contributed by atoms with Crippen LogP contribution in [-0.2, 0) is 31.4 Å². The van der Waals surface area contributed by atoms with Gasteiger partial charge in [-0.2, -0.15) is 0 Å². The highest BCUT2D eigenvalue weighted by atomic mass is 28.4. The fourth-order valence-electron chi connectivity index (χ4n) is 2.35. The molecule has 0 spiro atoms. The Balaban J connectivity index is 0. The third-order valence-corrected chi connectivity index (χ3v) is 9.36. The van der Waals surface area contributed by atoms with Crippen LogP contribution in [0.2, 0.25) is 12.1 Å². The van der Waals surface area contributed by atoms with Crippen LogP contribution >= 0.6 is 0 Å². The summed E-state index contributed by atoms with van der Waals surface area (Å²) in [6, 6.07) is 1.18. The van der Waals surface area contributed by atoms with Crippen LogP contribution in [0.1, 0.15) is 54.9 Å². The van der Waals surface area contributed by atoms with Gasteiger partial charge in [-0.3, -0.25) is 4.79 Å². The Hall–Kier alpha value is -0.336. The summed E-state index contributed by atoms with van der Waals surface area (Å²) < 4.78 is 33.1. The van der Waals surface area contributed by atoms with E-state index in [-0.39, 0.29) is 6.42 Å². The maximum atomic E-state index is 10.5. The first-order chi connectivity index (χ1) is 12.8. The van der Waals surface area contributed by atoms with Crippen molar-refractivity contribution >= 4 is 23.6 Å². The van der Waals surface area contributed by atoms with Gasteiger partial charge in [0.15, 0.2) is 0 Å². The molecule has 8 nitrogen and oxygen atoms in total. The van der Waals surface area contributed by atoms with Crippen molar-refractivity contribution in [3.05, 3.63) is 0 Å². The van der Waals surface area contributed by atoms with E-state index in [1.807, 2.05) is 48.5 Å². The van der Waals surface area contributed by atoms with E-state index in [0.717, 1.165) is 6.04 Å². The first-order valence-electron chi connectivity index (χ1n) is 9.89. The third-order valence-electron chi connectivity index (χ3n) is 3.26. The van der Waals surface area contributed by atoms with Gasteiger partial charge in [0, 0.05) is 58.2 Å². The molecule has 0 aromatic heterocycles. The molecule has 0 rings (SSSR count). The summed E-state index contributed by atoms with van der Waals surface area (Å²) in [6.07, 6.45) is 0.0201. The largest absolute Gasteiger partial charge is 0.501 e. The van der Waals surface area contributed by atoms with Gasteiger partial charge in [0.2, 0.25) is 0 Å². The van der Waals surface area contributed by atoms with Crippen LogP contribution in [0.5, 0.6) is 0 Å². The van der Waals surface area contributed by atoms with Crippen LogP contribution in [0.4, 0.5) is 0 Å². The zero-order valence-corrected chi connectivity index (χ0v) is 20.2. The van der Waals surface area contributed by atoms with Gasteiger partial charge in [-0.15, -0.1) is 0 Å². The zero-order chi connectivity index (χ0) is 21.2. The molecule has 0 unspecified atom stereocenters. The lowest BCUT2D eigenvalue weighted by atomic mass is 10.5. The Labute approximate surface area is 167 Å². The van der Waals surface area contributed by atoms with Crippen LogP contribution in [0.3, 0.4) is 0 Å². The smallest absolute Gasteiger partial charge is 0.481 e. The Kier molecular flexibility index (Phi) is 19.0. The molecule has 164 valence electrons. The lowest BCUT2D eigenvalue weighted by Gasteiger charge is -2.27. The van der Waals surface area contributed by atoms with Gasteiger partial charge in [0.05, 0.1) is 0 Å². The lowest BCUT2D eigenvalue weighted by Crippen LogP contribution is -2.46. The number of hydrogen-bond donors (Lipinski definition) is 1. The monoisotopic (exact) mass is 428 g/mol. The summed E-state index contributed by atoms with van der Waals surface area (Å²) in [5, 5.41) is 8.64. The van der Waals surface area contributed by atoms with Gasteiger partial charge < -0.3 is 31.7 Å². The molecule has 0 fully saturated rings. The predicted molar refractivity (Wildman–Crippen MR) is 109 cm³/mol. The third kappa shape index (κ3) is 13.5. The van der Waals surface area contributed by atoms with Gasteiger partial charge >= 0.3 is 23.6 Å². The second kappa shape index (κ2) is 17.7. The van der Waals surface area contributed by atoms with Gasteiger partial charge in [0.25, 0.3) is 0 Å². The summed E-state index contributed by atoms with van der Waals surface area (Å²) in [4.78, 5) is 10.5. The number of rotatable bonds is 16. The maximum absolute atomic E-state index is 10.5. The molecular formula is C17H40O8Si2. The highest BCUT2D eigenvalue weighted by molar-refractivity contribution is 6.61. The van der Waals surface area contributed by atoms with Crippen molar-refractivity contribution in [1.82, 2.24) is 0 Å². The van der Waals surface area contributed by atoms with E-state index in [0.29, 0.717) is 45.7 Å². The maximum Gasteiger partial charge on any atom is 0.501 e. The van der Waals surface area contributed by atoms with E-state index < -0.39 is 23.6 Å². The number of hydrogen-bond acceptors (Lipinski definition) is 7. The fourth-order valence-corrected chi connectivity index (χ4v) is 7.06. The van der Waals surface area contributed by atoms with Gasteiger partial charge in [-0.25, -0.2) is 0 Å². The minimum Gasteiger partial charge on any atom is -0.481 e. The molecule has 10 heteroatoms. The quantitative estimate of drug-likeness (QED) is 0.373. The lowest BCUT2D eigenvalue weighted by molar-refractivity contribution is -0.136. The predicted octanol–water partition coefficient (Wildman–Crippen LogP) is 3.56. The average Bonchev–Trinajstić information content (AvgIpc) is 2.62. The molecule has 0 amide bonds. The van der Waals surface area contributed by atoms with Crippen molar-refractivity contribution < 1.29 is 36.5 Å². The van der Waals surface area contributed by atoms with E-state index in [2.05, 4.69) is 0 Å². The molecule has 0 bridgehead atoms. The molecular weight excluding hydrogens is 388 g/mol. The minimum absolute atomic E-state index is 0.0201. The molecule has 0 saturated heterocycles. The summed E-state index contributed by atoms with van der Waals surface area (Å²) in [5.74, 6) is -0.856. The van der Waals surface area contributed by atoms with E-state index in [4.69, 9.17) is 31.7 Å². The van der Waals surface area contributed by atoms with E-state index in [1.54, 1.807) is 0 Å². The second-order valence-corrected chi connectivity index (χ2v) is 10.9. The first kappa shape index (κ1) is 28.9. The zero-order valence-electron chi connectivity index (χ0n) is 18.2. The number of carboxylic acid groups (broad SMARTS) is 1.